The van der Waals surface area contributed by atoms with Gasteiger partial charge in [0.2, 0.25) is 0 Å². The van der Waals surface area contributed by atoms with Crippen LogP contribution in [0.25, 0.3) is 0 Å². The van der Waals surface area contributed by atoms with Gasteiger partial charge in [-0.2, -0.15) is 0 Å². The molecule has 1 aromatic rings. The minimum Gasteiger partial charge on any atom is -0.462 e. The van der Waals surface area contributed by atoms with E-state index in [9.17, 15) is 4.79 Å². The lowest BCUT2D eigenvalue weighted by Crippen LogP contribution is -2.13. The summed E-state index contributed by atoms with van der Waals surface area (Å²) in [6.45, 7) is 2.15. The normalized spacial score (nSPS) is 12.2. The second-order valence-electron chi connectivity index (χ2n) is 3.46. The molecule has 3 N–H and O–H groups in total. The molecule has 1 atom stereocenters. The molecule has 0 aromatic heterocycles. The number of nitrogens with two attached hydrogens (primary N) is 1. The molecular formula is C12H17NO3. The first kappa shape index (κ1) is 12.7. The predicted octanol–water partition coefficient (Wildman–Crippen LogP) is 1.25. The number of aliphatic hydroxyl groups excluding tert-OH is 1. The van der Waals surface area contributed by atoms with Gasteiger partial charge in [0.25, 0.3) is 0 Å². The SMILES string of the molecule is CCOC(=O)c1cccc([C@H](N)CCO)c1. The average Bonchev–Trinajstić information content (AvgIpc) is 2.30. The summed E-state index contributed by atoms with van der Waals surface area (Å²) in [6, 6.07) is 6.74. The van der Waals surface area contributed by atoms with Gasteiger partial charge in [-0.1, -0.05) is 12.1 Å². The van der Waals surface area contributed by atoms with E-state index in [-0.39, 0.29) is 18.6 Å². The van der Waals surface area contributed by atoms with Gasteiger partial charge in [-0.15, -0.1) is 0 Å². The van der Waals surface area contributed by atoms with Crippen LogP contribution in [0, 0.1) is 0 Å². The van der Waals surface area contributed by atoms with Crippen LogP contribution in [-0.2, 0) is 4.74 Å². The molecule has 0 aliphatic heterocycles. The third-order valence-electron chi connectivity index (χ3n) is 2.27. The highest BCUT2D eigenvalue weighted by Crippen LogP contribution is 2.15. The minimum atomic E-state index is -0.347. The number of hydrogen-bond donors (Lipinski definition) is 2. The maximum Gasteiger partial charge on any atom is 0.338 e. The first-order chi connectivity index (χ1) is 7.69. The standard InChI is InChI=1S/C12H17NO3/c1-2-16-12(15)10-5-3-4-9(8-10)11(13)6-7-14/h3-5,8,11,14H,2,6-7,13H2,1H3/t11-/m1/s1. The molecule has 0 heterocycles. The van der Waals surface area contributed by atoms with E-state index in [4.69, 9.17) is 15.6 Å². The largest absolute Gasteiger partial charge is 0.462 e. The van der Waals surface area contributed by atoms with Crippen molar-refractivity contribution < 1.29 is 14.6 Å². The lowest BCUT2D eigenvalue weighted by atomic mass is 10.0. The summed E-state index contributed by atoms with van der Waals surface area (Å²) >= 11 is 0. The van der Waals surface area contributed by atoms with Gasteiger partial charge in [0.15, 0.2) is 0 Å². The molecular weight excluding hydrogens is 206 g/mol. The van der Waals surface area contributed by atoms with E-state index < -0.39 is 0 Å². The summed E-state index contributed by atoms with van der Waals surface area (Å²) in [5.41, 5.74) is 7.16. The molecule has 16 heavy (non-hydrogen) atoms. The highest BCUT2D eigenvalue weighted by molar-refractivity contribution is 5.89. The van der Waals surface area contributed by atoms with Crippen molar-refractivity contribution in [2.24, 2.45) is 5.73 Å². The van der Waals surface area contributed by atoms with Crippen molar-refractivity contribution in [2.45, 2.75) is 19.4 Å². The van der Waals surface area contributed by atoms with Crippen molar-refractivity contribution in [3.05, 3.63) is 35.4 Å². The van der Waals surface area contributed by atoms with Crippen LogP contribution in [0.5, 0.6) is 0 Å². The molecule has 0 radical (unpaired) electrons. The molecule has 0 aliphatic carbocycles. The van der Waals surface area contributed by atoms with Crippen LogP contribution in [0.1, 0.15) is 35.3 Å². The molecule has 0 amide bonds. The maximum atomic E-state index is 11.5. The lowest BCUT2D eigenvalue weighted by Gasteiger charge is -2.11. The number of rotatable bonds is 5. The summed E-state index contributed by atoms with van der Waals surface area (Å²) in [5.74, 6) is -0.347. The van der Waals surface area contributed by atoms with Gasteiger partial charge in [0.05, 0.1) is 12.2 Å². The smallest absolute Gasteiger partial charge is 0.338 e. The van der Waals surface area contributed by atoms with Crippen LogP contribution in [0.15, 0.2) is 24.3 Å². The molecule has 88 valence electrons. The molecule has 0 saturated carbocycles. The molecule has 0 fully saturated rings. The molecule has 1 aromatic carbocycles. The van der Waals surface area contributed by atoms with Crippen molar-refractivity contribution in [2.75, 3.05) is 13.2 Å². The maximum absolute atomic E-state index is 11.5. The topological polar surface area (TPSA) is 72.5 Å². The Labute approximate surface area is 95.0 Å². The quantitative estimate of drug-likeness (QED) is 0.737. The Morgan fingerprint density at radius 2 is 2.31 bits per heavy atom. The summed E-state index contributed by atoms with van der Waals surface area (Å²) < 4.78 is 4.89. The Kier molecular flexibility index (Phi) is 4.95. The molecule has 1 rings (SSSR count). The Morgan fingerprint density at radius 1 is 1.56 bits per heavy atom. The Morgan fingerprint density at radius 3 is 2.94 bits per heavy atom. The van der Waals surface area contributed by atoms with E-state index >= 15 is 0 Å². The summed E-state index contributed by atoms with van der Waals surface area (Å²) in [4.78, 5) is 11.5. The van der Waals surface area contributed by atoms with E-state index in [0.717, 1.165) is 5.56 Å². The fraction of sp³-hybridized carbons (Fsp3) is 0.417. The van der Waals surface area contributed by atoms with Crippen molar-refractivity contribution in [3.8, 4) is 0 Å². The van der Waals surface area contributed by atoms with Gasteiger partial charge >= 0.3 is 5.97 Å². The third-order valence-corrected chi connectivity index (χ3v) is 2.27. The first-order valence-corrected chi connectivity index (χ1v) is 5.32. The summed E-state index contributed by atoms with van der Waals surface area (Å²) in [7, 11) is 0. The van der Waals surface area contributed by atoms with Crippen molar-refractivity contribution >= 4 is 5.97 Å². The van der Waals surface area contributed by atoms with E-state index in [0.29, 0.717) is 18.6 Å². The molecule has 0 unspecified atom stereocenters. The van der Waals surface area contributed by atoms with Crippen LogP contribution in [0.2, 0.25) is 0 Å². The van der Waals surface area contributed by atoms with E-state index in [1.54, 1.807) is 25.1 Å². The lowest BCUT2D eigenvalue weighted by molar-refractivity contribution is 0.0526. The van der Waals surface area contributed by atoms with Gasteiger partial charge in [0, 0.05) is 12.6 Å². The average molecular weight is 223 g/mol. The van der Waals surface area contributed by atoms with Crippen molar-refractivity contribution in [3.63, 3.8) is 0 Å². The molecule has 0 bridgehead atoms. The van der Waals surface area contributed by atoms with E-state index in [1.165, 1.54) is 0 Å². The number of carbonyl (C=O) groups is 1. The first-order valence-electron chi connectivity index (χ1n) is 5.32. The van der Waals surface area contributed by atoms with Crippen LogP contribution in [-0.4, -0.2) is 24.3 Å². The van der Waals surface area contributed by atoms with E-state index in [1.807, 2.05) is 6.07 Å². The third kappa shape index (κ3) is 3.32. The predicted molar refractivity (Wildman–Crippen MR) is 61.0 cm³/mol. The Hall–Kier alpha value is -1.39. The highest BCUT2D eigenvalue weighted by atomic mass is 16.5. The number of hydrogen-bond acceptors (Lipinski definition) is 4. The zero-order valence-electron chi connectivity index (χ0n) is 9.35. The molecule has 0 spiro atoms. The summed E-state index contributed by atoms with van der Waals surface area (Å²) in [6.07, 6.45) is 0.478. The molecule has 0 saturated heterocycles. The van der Waals surface area contributed by atoms with Crippen LogP contribution < -0.4 is 5.73 Å². The Bertz CT molecular complexity index is 352. The van der Waals surface area contributed by atoms with Crippen LogP contribution >= 0.6 is 0 Å². The second-order valence-corrected chi connectivity index (χ2v) is 3.46. The van der Waals surface area contributed by atoms with Crippen molar-refractivity contribution in [1.82, 2.24) is 0 Å². The van der Waals surface area contributed by atoms with Crippen LogP contribution in [0.4, 0.5) is 0 Å². The number of aliphatic hydroxyl groups is 1. The fourth-order valence-corrected chi connectivity index (χ4v) is 1.42. The Balaban J connectivity index is 2.82. The van der Waals surface area contributed by atoms with Crippen molar-refractivity contribution in [1.29, 1.82) is 0 Å². The minimum absolute atomic E-state index is 0.0325. The number of carbonyl (C=O) groups excluding carboxylic acids is 1. The van der Waals surface area contributed by atoms with Gasteiger partial charge in [0.1, 0.15) is 0 Å². The highest BCUT2D eigenvalue weighted by Gasteiger charge is 2.10. The monoisotopic (exact) mass is 223 g/mol. The molecule has 4 nitrogen and oxygen atoms in total. The molecule has 4 heteroatoms. The molecule has 0 aliphatic rings. The second kappa shape index (κ2) is 6.25. The summed E-state index contributed by atoms with van der Waals surface area (Å²) in [5, 5.41) is 8.79. The van der Waals surface area contributed by atoms with E-state index in [2.05, 4.69) is 0 Å². The van der Waals surface area contributed by atoms with Gasteiger partial charge < -0.3 is 15.6 Å². The van der Waals surface area contributed by atoms with Gasteiger partial charge in [-0.25, -0.2) is 4.79 Å². The number of esters is 1. The van der Waals surface area contributed by atoms with Gasteiger partial charge in [-0.3, -0.25) is 0 Å². The van der Waals surface area contributed by atoms with Crippen LogP contribution in [0.3, 0.4) is 0 Å². The fourth-order valence-electron chi connectivity index (χ4n) is 1.42. The number of benzene rings is 1. The number of ether oxygens (including phenoxy) is 1. The van der Waals surface area contributed by atoms with Gasteiger partial charge in [-0.05, 0) is 31.0 Å². The zero-order valence-corrected chi connectivity index (χ0v) is 9.35. The zero-order chi connectivity index (χ0) is 12.0.